The fourth-order valence-corrected chi connectivity index (χ4v) is 1.07. The van der Waals surface area contributed by atoms with Crippen molar-refractivity contribution in [3.05, 3.63) is 42.2 Å². The van der Waals surface area contributed by atoms with Crippen LogP contribution in [0.4, 0.5) is 4.39 Å². The Morgan fingerprint density at radius 2 is 2.23 bits per heavy atom. The molecule has 0 aliphatic carbocycles. The Morgan fingerprint density at radius 3 is 2.85 bits per heavy atom. The molecule has 0 saturated heterocycles. The Hall–Kier alpha value is -1.31. The maximum atomic E-state index is 12.7. The molecule has 0 aliphatic rings. The van der Waals surface area contributed by atoms with Crippen LogP contribution in [0.2, 0.25) is 0 Å². The SMILES string of the molecule is CC=CC(C)Oc1cccc(F)c1. The van der Waals surface area contributed by atoms with Crippen LogP contribution in [-0.2, 0) is 0 Å². The van der Waals surface area contributed by atoms with Gasteiger partial charge in [0.25, 0.3) is 0 Å². The molecule has 0 saturated carbocycles. The average Bonchev–Trinajstić information content (AvgIpc) is 2.04. The van der Waals surface area contributed by atoms with E-state index in [0.717, 1.165) is 0 Å². The Kier molecular flexibility index (Phi) is 3.50. The largest absolute Gasteiger partial charge is 0.487 e. The van der Waals surface area contributed by atoms with Crippen molar-refractivity contribution in [2.24, 2.45) is 0 Å². The highest BCUT2D eigenvalue weighted by atomic mass is 19.1. The van der Waals surface area contributed by atoms with Crippen molar-refractivity contribution in [2.75, 3.05) is 0 Å². The van der Waals surface area contributed by atoms with Gasteiger partial charge < -0.3 is 4.74 Å². The van der Waals surface area contributed by atoms with Gasteiger partial charge >= 0.3 is 0 Å². The molecule has 2 heteroatoms. The number of hydrogen-bond acceptors (Lipinski definition) is 1. The number of allylic oxidation sites excluding steroid dienone is 1. The molecule has 0 amide bonds. The average molecular weight is 180 g/mol. The van der Waals surface area contributed by atoms with Crippen molar-refractivity contribution in [3.63, 3.8) is 0 Å². The molecule has 1 aromatic carbocycles. The van der Waals surface area contributed by atoms with Crippen LogP contribution in [0.1, 0.15) is 13.8 Å². The number of hydrogen-bond donors (Lipinski definition) is 0. The molecule has 1 aromatic rings. The minimum Gasteiger partial charge on any atom is -0.487 e. The van der Waals surface area contributed by atoms with Gasteiger partial charge in [0.2, 0.25) is 0 Å². The molecule has 0 heterocycles. The Bertz CT molecular complexity index is 294. The van der Waals surface area contributed by atoms with Crippen LogP contribution in [0.15, 0.2) is 36.4 Å². The van der Waals surface area contributed by atoms with Crippen LogP contribution in [0.3, 0.4) is 0 Å². The molecular formula is C11H13FO. The van der Waals surface area contributed by atoms with Crippen LogP contribution in [0, 0.1) is 5.82 Å². The number of benzene rings is 1. The van der Waals surface area contributed by atoms with Gasteiger partial charge in [-0.25, -0.2) is 4.39 Å². The van der Waals surface area contributed by atoms with E-state index in [4.69, 9.17) is 4.74 Å². The van der Waals surface area contributed by atoms with Crippen molar-refractivity contribution in [3.8, 4) is 5.75 Å². The van der Waals surface area contributed by atoms with E-state index in [1.54, 1.807) is 12.1 Å². The fourth-order valence-electron chi connectivity index (χ4n) is 1.07. The van der Waals surface area contributed by atoms with E-state index in [1.165, 1.54) is 12.1 Å². The van der Waals surface area contributed by atoms with E-state index >= 15 is 0 Å². The van der Waals surface area contributed by atoms with E-state index in [-0.39, 0.29) is 11.9 Å². The third-order valence-electron chi connectivity index (χ3n) is 1.58. The predicted octanol–water partition coefficient (Wildman–Crippen LogP) is 3.17. The molecule has 0 fully saturated rings. The zero-order chi connectivity index (χ0) is 9.68. The summed E-state index contributed by atoms with van der Waals surface area (Å²) in [4.78, 5) is 0. The van der Waals surface area contributed by atoms with E-state index in [2.05, 4.69) is 0 Å². The molecule has 13 heavy (non-hydrogen) atoms. The summed E-state index contributed by atoms with van der Waals surface area (Å²) in [6.07, 6.45) is 3.79. The number of rotatable bonds is 3. The Morgan fingerprint density at radius 1 is 1.46 bits per heavy atom. The highest BCUT2D eigenvalue weighted by molar-refractivity contribution is 5.23. The summed E-state index contributed by atoms with van der Waals surface area (Å²) in [5.41, 5.74) is 0. The third-order valence-corrected chi connectivity index (χ3v) is 1.58. The van der Waals surface area contributed by atoms with Gasteiger partial charge in [-0.2, -0.15) is 0 Å². The van der Waals surface area contributed by atoms with Gasteiger partial charge in [-0.1, -0.05) is 12.1 Å². The topological polar surface area (TPSA) is 9.23 Å². The van der Waals surface area contributed by atoms with Gasteiger partial charge in [0, 0.05) is 6.07 Å². The molecule has 70 valence electrons. The lowest BCUT2D eigenvalue weighted by Crippen LogP contribution is -2.07. The van der Waals surface area contributed by atoms with Crippen LogP contribution >= 0.6 is 0 Å². The van der Waals surface area contributed by atoms with Gasteiger partial charge in [0.1, 0.15) is 17.7 Å². The highest BCUT2D eigenvalue weighted by Gasteiger charge is 1.99. The molecule has 0 bridgehead atoms. The van der Waals surface area contributed by atoms with E-state index in [0.29, 0.717) is 5.75 Å². The smallest absolute Gasteiger partial charge is 0.126 e. The molecule has 0 spiro atoms. The second-order valence-corrected chi connectivity index (χ2v) is 2.81. The Labute approximate surface area is 77.8 Å². The highest BCUT2D eigenvalue weighted by Crippen LogP contribution is 2.13. The maximum Gasteiger partial charge on any atom is 0.126 e. The minimum absolute atomic E-state index is 0.0215. The summed E-state index contributed by atoms with van der Waals surface area (Å²) in [5.74, 6) is 0.288. The first kappa shape index (κ1) is 9.78. The van der Waals surface area contributed by atoms with Gasteiger partial charge in [0.15, 0.2) is 0 Å². The Balaban J connectivity index is 2.63. The second kappa shape index (κ2) is 4.65. The molecule has 1 rings (SSSR count). The van der Waals surface area contributed by atoms with Crippen molar-refractivity contribution < 1.29 is 9.13 Å². The second-order valence-electron chi connectivity index (χ2n) is 2.81. The molecule has 1 atom stereocenters. The van der Waals surface area contributed by atoms with Crippen molar-refractivity contribution in [2.45, 2.75) is 20.0 Å². The van der Waals surface area contributed by atoms with Crippen molar-refractivity contribution in [1.82, 2.24) is 0 Å². The first-order valence-corrected chi connectivity index (χ1v) is 4.27. The summed E-state index contributed by atoms with van der Waals surface area (Å²) in [5, 5.41) is 0. The van der Waals surface area contributed by atoms with Gasteiger partial charge in [-0.3, -0.25) is 0 Å². The van der Waals surface area contributed by atoms with E-state index < -0.39 is 0 Å². The predicted molar refractivity (Wildman–Crippen MR) is 51.3 cm³/mol. The van der Waals surface area contributed by atoms with Gasteiger partial charge in [-0.15, -0.1) is 0 Å². The molecular weight excluding hydrogens is 167 g/mol. The monoisotopic (exact) mass is 180 g/mol. The van der Waals surface area contributed by atoms with Crippen LogP contribution in [0.5, 0.6) is 5.75 Å². The number of ether oxygens (including phenoxy) is 1. The molecule has 1 nitrogen and oxygen atoms in total. The maximum absolute atomic E-state index is 12.7. The van der Waals surface area contributed by atoms with Gasteiger partial charge in [-0.05, 0) is 32.1 Å². The van der Waals surface area contributed by atoms with Crippen molar-refractivity contribution >= 4 is 0 Å². The number of halogens is 1. The zero-order valence-electron chi connectivity index (χ0n) is 7.83. The van der Waals surface area contributed by atoms with Crippen LogP contribution < -0.4 is 4.74 Å². The molecule has 0 aliphatic heterocycles. The van der Waals surface area contributed by atoms with Crippen LogP contribution in [-0.4, -0.2) is 6.10 Å². The summed E-state index contributed by atoms with van der Waals surface area (Å²) in [7, 11) is 0. The fraction of sp³-hybridized carbons (Fsp3) is 0.273. The molecule has 1 unspecified atom stereocenters. The zero-order valence-corrected chi connectivity index (χ0v) is 7.83. The molecule has 0 N–H and O–H groups in total. The minimum atomic E-state index is -0.273. The summed E-state index contributed by atoms with van der Waals surface area (Å²) in [6, 6.07) is 6.14. The lowest BCUT2D eigenvalue weighted by molar-refractivity contribution is 0.268. The van der Waals surface area contributed by atoms with E-state index in [9.17, 15) is 4.39 Å². The van der Waals surface area contributed by atoms with Crippen LogP contribution in [0.25, 0.3) is 0 Å². The molecule has 0 aromatic heterocycles. The lowest BCUT2D eigenvalue weighted by atomic mass is 10.3. The normalized spacial score (nSPS) is 13.2. The standard InChI is InChI=1S/C11H13FO/c1-3-5-9(2)13-11-7-4-6-10(12)8-11/h3-9H,1-2H3. The lowest BCUT2D eigenvalue weighted by Gasteiger charge is -2.10. The first-order valence-electron chi connectivity index (χ1n) is 4.27. The summed E-state index contributed by atoms with van der Waals surface area (Å²) >= 11 is 0. The van der Waals surface area contributed by atoms with E-state index in [1.807, 2.05) is 26.0 Å². The summed E-state index contributed by atoms with van der Waals surface area (Å²) in [6.45, 7) is 3.83. The van der Waals surface area contributed by atoms with Crippen molar-refractivity contribution in [1.29, 1.82) is 0 Å². The third kappa shape index (κ3) is 3.28. The first-order chi connectivity index (χ1) is 6.22. The quantitative estimate of drug-likeness (QED) is 0.649. The summed E-state index contributed by atoms with van der Waals surface area (Å²) < 4.78 is 18.1. The van der Waals surface area contributed by atoms with Gasteiger partial charge in [0.05, 0.1) is 0 Å². The molecule has 0 radical (unpaired) electrons.